The summed E-state index contributed by atoms with van der Waals surface area (Å²) in [7, 11) is -4.94. The number of benzene rings is 1. The second-order valence-corrected chi connectivity index (χ2v) is 4.50. The molecule has 2 rings (SSSR count). The fourth-order valence-corrected chi connectivity index (χ4v) is 1.44. The molecule has 0 unspecified atom stereocenters. The summed E-state index contributed by atoms with van der Waals surface area (Å²) in [6.45, 7) is 0. The second kappa shape index (κ2) is 6.06. The smallest absolute Gasteiger partial charge is 0.375 e. The lowest BCUT2D eigenvalue weighted by Gasteiger charge is -2.17. The van der Waals surface area contributed by atoms with Crippen molar-refractivity contribution in [3.05, 3.63) is 41.4 Å². The van der Waals surface area contributed by atoms with E-state index in [1.807, 2.05) is 30.3 Å². The topological polar surface area (TPSA) is 157 Å². The summed E-state index contributed by atoms with van der Waals surface area (Å²) in [5, 5.41) is 6.59. The monoisotopic (exact) mass is 304 g/mol. The van der Waals surface area contributed by atoms with Gasteiger partial charge in [-0.05, 0) is 12.1 Å². The summed E-state index contributed by atoms with van der Waals surface area (Å²) in [5.41, 5.74) is 7.07. The Kier molecular flexibility index (Phi) is 4.95. The van der Waals surface area contributed by atoms with Crippen LogP contribution in [0.1, 0.15) is 5.56 Å². The van der Waals surface area contributed by atoms with E-state index in [-0.39, 0.29) is 10.5 Å². The Bertz CT molecular complexity index is 646. The van der Waals surface area contributed by atoms with Crippen molar-refractivity contribution in [2.75, 3.05) is 0 Å². The molecule has 2 aromatic rings. The lowest BCUT2D eigenvalue weighted by Crippen LogP contribution is -2.68. The van der Waals surface area contributed by atoms with Gasteiger partial charge in [-0.1, -0.05) is 30.4 Å². The van der Waals surface area contributed by atoms with Gasteiger partial charge in [-0.25, -0.2) is 24.0 Å². The summed E-state index contributed by atoms with van der Waals surface area (Å²) in [6.07, 6.45) is 0. The first-order valence-electron chi connectivity index (χ1n) is 4.71. The number of fused-ring (bicyclic) bond motifs is 1. The summed E-state index contributed by atoms with van der Waals surface area (Å²) < 4.78 is 39.3. The molecule has 19 heavy (non-hydrogen) atoms. The van der Waals surface area contributed by atoms with Crippen molar-refractivity contribution in [3.8, 4) is 0 Å². The van der Waals surface area contributed by atoms with E-state index >= 15 is 0 Å². The van der Waals surface area contributed by atoms with Crippen LogP contribution in [0.4, 0.5) is 0 Å². The molecule has 0 saturated heterocycles. The van der Waals surface area contributed by atoms with Crippen molar-refractivity contribution in [1.82, 2.24) is 0 Å². The zero-order valence-corrected chi connectivity index (χ0v) is 10.9. The highest BCUT2D eigenvalue weighted by Gasteiger charge is 2.07. The minimum absolute atomic E-state index is 0.247. The molecule has 0 amide bonds. The second-order valence-electron chi connectivity index (χ2n) is 3.30. The van der Waals surface area contributed by atoms with Crippen LogP contribution in [0.25, 0.3) is 11.0 Å². The van der Waals surface area contributed by atoms with E-state index in [0.717, 1.165) is 11.0 Å². The maximum absolute atomic E-state index is 8.49. The molecule has 0 spiro atoms. The van der Waals surface area contributed by atoms with Crippen molar-refractivity contribution >= 4 is 28.2 Å². The Morgan fingerprint density at radius 3 is 2.26 bits per heavy atom. The van der Waals surface area contributed by atoms with Crippen LogP contribution in [0.3, 0.4) is 0 Å². The van der Waals surface area contributed by atoms with Crippen LogP contribution in [-0.4, -0.2) is 4.99 Å². The summed E-state index contributed by atoms with van der Waals surface area (Å²) in [4.78, 5) is 0.247. The number of hydrogen-bond donors (Lipinski definition) is 2. The molecule has 0 radical (unpaired) electrons. The van der Waals surface area contributed by atoms with E-state index in [9.17, 15) is 0 Å². The first kappa shape index (κ1) is 15.5. The van der Waals surface area contributed by atoms with Crippen LogP contribution in [0.5, 0.6) is 0 Å². The van der Waals surface area contributed by atoms with E-state index in [0.29, 0.717) is 5.56 Å². The van der Waals surface area contributed by atoms with Gasteiger partial charge in [0.25, 0.3) is 0 Å². The average Bonchev–Trinajstić information content (AvgIpc) is 2.25. The van der Waals surface area contributed by atoms with E-state index in [4.69, 9.17) is 46.4 Å². The normalized spacial score (nSPS) is 10.7. The lowest BCUT2D eigenvalue weighted by atomic mass is 10.2. The molecule has 1 heterocycles. The van der Waals surface area contributed by atoms with Gasteiger partial charge in [-0.15, -0.1) is 10.2 Å². The van der Waals surface area contributed by atoms with Gasteiger partial charge < -0.3 is 10.2 Å². The average molecular weight is 305 g/mol. The van der Waals surface area contributed by atoms with Gasteiger partial charge in [0.2, 0.25) is 0 Å². The lowest BCUT2D eigenvalue weighted by molar-refractivity contribution is -2.00. The van der Waals surface area contributed by atoms with Crippen molar-refractivity contribution in [2.45, 2.75) is 0 Å². The van der Waals surface area contributed by atoms with E-state index in [1.54, 1.807) is 0 Å². The van der Waals surface area contributed by atoms with Crippen LogP contribution in [0.15, 0.2) is 34.7 Å². The fourth-order valence-electron chi connectivity index (χ4n) is 1.29. The van der Waals surface area contributed by atoms with Gasteiger partial charge >= 0.3 is 5.55 Å². The summed E-state index contributed by atoms with van der Waals surface area (Å²) in [6, 6.07) is 9.38. The highest BCUT2D eigenvalue weighted by atomic mass is 35.7. The van der Waals surface area contributed by atoms with Crippen molar-refractivity contribution < 1.29 is 38.7 Å². The molecule has 102 valence electrons. The standard InChI is InChI=1S/C10H8N2OS.ClHO4/c11-9-7(10(12)14)5-6-3-1-2-4-8(6)13-9;2-1(3,4)5/h1-5,11H,(H2,12,14);(H,2,3,4,5). The third kappa shape index (κ3) is 5.30. The molecule has 0 bridgehead atoms. The first-order chi connectivity index (χ1) is 8.68. The molecule has 4 N–H and O–H groups in total. The molecule has 0 saturated carbocycles. The maximum Gasteiger partial charge on any atom is 0.375 e. The largest absolute Gasteiger partial charge is 0.404 e. The molecule has 1 aromatic heterocycles. The number of nitrogens with two attached hydrogens (primary N) is 2. The van der Waals surface area contributed by atoms with Gasteiger partial charge in [0, 0.05) is 5.39 Å². The zero-order chi connectivity index (χ0) is 14.6. The Balaban J connectivity index is 0.000000312. The Hall–Kier alpha value is -1.55. The van der Waals surface area contributed by atoms with E-state index in [1.165, 1.54) is 0 Å². The molecule has 0 aliphatic heterocycles. The van der Waals surface area contributed by atoms with Crippen LogP contribution in [0.2, 0.25) is 0 Å². The zero-order valence-electron chi connectivity index (χ0n) is 9.37. The molecule has 1 aromatic carbocycles. The van der Waals surface area contributed by atoms with Crippen molar-refractivity contribution in [2.24, 2.45) is 5.73 Å². The van der Waals surface area contributed by atoms with E-state index in [2.05, 4.69) is 0 Å². The van der Waals surface area contributed by atoms with Gasteiger partial charge in [0.05, 0.1) is 0 Å². The third-order valence-electron chi connectivity index (χ3n) is 1.97. The van der Waals surface area contributed by atoms with Gasteiger partial charge in [-0.3, -0.25) is 0 Å². The molecule has 0 aliphatic carbocycles. The predicted molar refractivity (Wildman–Crippen MR) is 57.2 cm³/mol. The Morgan fingerprint density at radius 1 is 1.21 bits per heavy atom. The molecular weight excluding hydrogens is 296 g/mol. The van der Waals surface area contributed by atoms with Crippen LogP contribution in [0, 0.1) is 10.2 Å². The van der Waals surface area contributed by atoms with Gasteiger partial charge in [0.15, 0.2) is 0 Å². The quantitative estimate of drug-likeness (QED) is 0.499. The Morgan fingerprint density at radius 2 is 1.74 bits per heavy atom. The number of rotatable bonds is 1. The molecular formula is C10H9ClN2O5S. The summed E-state index contributed by atoms with van der Waals surface area (Å²) >= 11 is 4.85. The maximum atomic E-state index is 8.49. The van der Waals surface area contributed by atoms with Crippen LogP contribution in [-0.2, 0) is 0 Å². The van der Waals surface area contributed by atoms with Gasteiger partial charge in [0.1, 0.15) is 16.1 Å². The first-order valence-corrected chi connectivity index (χ1v) is 6.35. The SMILES string of the molecule is NC(=S)c1cc2ccccc2oc1=[NH2+].[O-][Cl+3]([O-])([O-])[O-]. The summed E-state index contributed by atoms with van der Waals surface area (Å²) in [5.74, 6) is 0. The number of thiocarbonyl (C=S) groups is 1. The van der Waals surface area contributed by atoms with Crippen molar-refractivity contribution in [1.29, 1.82) is 0 Å². The minimum atomic E-state index is -4.94. The number of hydrogen-bond acceptors (Lipinski definition) is 6. The number of para-hydroxylation sites is 1. The highest BCUT2D eigenvalue weighted by molar-refractivity contribution is 7.80. The minimum Gasteiger partial charge on any atom is -0.404 e. The fraction of sp³-hybridized carbons (Fsp3) is 0. The van der Waals surface area contributed by atoms with Gasteiger partial charge in [-0.2, -0.15) is 0 Å². The molecule has 0 aliphatic rings. The molecule has 0 atom stereocenters. The van der Waals surface area contributed by atoms with Crippen molar-refractivity contribution in [3.63, 3.8) is 0 Å². The van der Waals surface area contributed by atoms with Crippen LogP contribution >= 0.6 is 12.2 Å². The highest BCUT2D eigenvalue weighted by Crippen LogP contribution is 2.11. The molecule has 0 fully saturated rings. The van der Waals surface area contributed by atoms with E-state index < -0.39 is 10.2 Å². The van der Waals surface area contributed by atoms with Crippen LogP contribution < -0.4 is 35.3 Å². The predicted octanol–water partition coefficient (Wildman–Crippen LogP) is -5.03. The molecule has 9 heteroatoms. The Labute approximate surface area is 114 Å². The number of halogens is 1. The molecule has 7 nitrogen and oxygen atoms in total. The third-order valence-corrected chi connectivity index (χ3v) is 2.19.